The second-order valence-corrected chi connectivity index (χ2v) is 6.02. The van der Waals surface area contributed by atoms with Crippen molar-refractivity contribution in [1.29, 1.82) is 0 Å². The van der Waals surface area contributed by atoms with Crippen molar-refractivity contribution in [3.63, 3.8) is 0 Å². The van der Waals surface area contributed by atoms with Crippen LogP contribution >= 0.6 is 0 Å². The van der Waals surface area contributed by atoms with E-state index in [1.54, 1.807) is 12.3 Å². The van der Waals surface area contributed by atoms with Crippen LogP contribution in [0.2, 0.25) is 0 Å². The molecule has 2 aliphatic rings. The van der Waals surface area contributed by atoms with Crippen LogP contribution in [0.25, 0.3) is 11.3 Å². The first-order valence-electron chi connectivity index (χ1n) is 7.72. The van der Waals surface area contributed by atoms with Gasteiger partial charge in [-0.15, -0.1) is 4.73 Å². The number of hydrogen-bond acceptors (Lipinski definition) is 4. The Labute approximate surface area is 136 Å². The van der Waals surface area contributed by atoms with Gasteiger partial charge in [0.05, 0.1) is 0 Å². The fourth-order valence-electron chi connectivity index (χ4n) is 3.42. The first-order valence-corrected chi connectivity index (χ1v) is 7.72. The van der Waals surface area contributed by atoms with Gasteiger partial charge in [0.25, 0.3) is 0 Å². The maximum absolute atomic E-state index is 11.8. The standard InChI is InChI=1S/C17H15N3O4/c21-9-10-5-6-19(8-10)12-3-1-11-2-4-14-15(13(11)7-12)20(24)17(23)16(22)18-14/h5-9,24H,1-4H2,(H,18,22). The maximum atomic E-state index is 11.8. The average molecular weight is 325 g/mol. The molecule has 2 aromatic rings. The first kappa shape index (κ1) is 14.5. The number of allylic oxidation sites excluding steroid dienone is 4. The summed E-state index contributed by atoms with van der Waals surface area (Å²) in [6, 6.07) is 1.73. The van der Waals surface area contributed by atoms with Crippen molar-refractivity contribution >= 4 is 17.6 Å². The third-order valence-corrected chi connectivity index (χ3v) is 4.64. The molecule has 0 spiro atoms. The van der Waals surface area contributed by atoms with Crippen LogP contribution in [0.4, 0.5) is 0 Å². The smallest absolute Gasteiger partial charge is 0.348 e. The number of nitrogens with zero attached hydrogens (tertiary/aromatic N) is 2. The number of carbonyl (C=O) groups excluding carboxylic acids is 1. The minimum absolute atomic E-state index is 0.362. The van der Waals surface area contributed by atoms with Gasteiger partial charge in [-0.05, 0) is 37.8 Å². The van der Waals surface area contributed by atoms with Crippen molar-refractivity contribution in [2.24, 2.45) is 0 Å². The normalized spacial score (nSPS) is 16.4. The molecule has 4 rings (SSSR count). The molecule has 24 heavy (non-hydrogen) atoms. The second-order valence-electron chi connectivity index (χ2n) is 6.02. The molecule has 0 saturated carbocycles. The Morgan fingerprint density at radius 1 is 1.17 bits per heavy atom. The van der Waals surface area contributed by atoms with Crippen LogP contribution in [0.3, 0.4) is 0 Å². The van der Waals surface area contributed by atoms with Crippen LogP contribution in [0.5, 0.6) is 0 Å². The van der Waals surface area contributed by atoms with E-state index in [0.29, 0.717) is 28.1 Å². The molecule has 0 unspecified atom stereocenters. The summed E-state index contributed by atoms with van der Waals surface area (Å²) in [7, 11) is 0. The summed E-state index contributed by atoms with van der Waals surface area (Å²) >= 11 is 0. The number of aromatic nitrogens is 3. The third-order valence-electron chi connectivity index (χ3n) is 4.64. The number of H-pyrrole nitrogens is 1. The molecule has 0 aliphatic heterocycles. The molecule has 0 saturated heterocycles. The number of hydrogen-bond donors (Lipinski definition) is 2. The first-order chi connectivity index (χ1) is 11.6. The summed E-state index contributed by atoms with van der Waals surface area (Å²) in [5, 5.41) is 10.1. The fraction of sp³-hybridized carbons (Fsp3) is 0.235. The van der Waals surface area contributed by atoms with E-state index in [0.717, 1.165) is 42.4 Å². The number of carbonyl (C=O) groups is 1. The Kier molecular flexibility index (Phi) is 3.16. The van der Waals surface area contributed by atoms with Gasteiger partial charge in [0.1, 0.15) is 5.69 Å². The van der Waals surface area contributed by atoms with Gasteiger partial charge in [0.2, 0.25) is 0 Å². The lowest BCUT2D eigenvalue weighted by Gasteiger charge is -2.26. The van der Waals surface area contributed by atoms with Crippen molar-refractivity contribution < 1.29 is 10.0 Å². The van der Waals surface area contributed by atoms with Gasteiger partial charge in [0, 0.05) is 34.9 Å². The van der Waals surface area contributed by atoms with Gasteiger partial charge < -0.3 is 14.8 Å². The van der Waals surface area contributed by atoms with Gasteiger partial charge in [-0.25, -0.2) is 0 Å². The number of rotatable bonds is 2. The van der Waals surface area contributed by atoms with Gasteiger partial charge in [-0.3, -0.25) is 14.4 Å². The van der Waals surface area contributed by atoms with Gasteiger partial charge >= 0.3 is 11.1 Å². The van der Waals surface area contributed by atoms with Crippen molar-refractivity contribution in [1.82, 2.24) is 14.3 Å². The molecule has 0 fully saturated rings. The minimum atomic E-state index is -0.979. The maximum Gasteiger partial charge on any atom is 0.348 e. The van der Waals surface area contributed by atoms with Crippen molar-refractivity contribution in [3.05, 3.63) is 67.8 Å². The number of aldehydes is 1. The molecule has 0 radical (unpaired) electrons. The summed E-state index contributed by atoms with van der Waals surface area (Å²) in [6.45, 7) is 0. The number of aryl methyl sites for hydroxylation is 1. The predicted molar refractivity (Wildman–Crippen MR) is 87.1 cm³/mol. The van der Waals surface area contributed by atoms with Gasteiger partial charge in [0.15, 0.2) is 6.29 Å². The summed E-state index contributed by atoms with van der Waals surface area (Å²) in [5.74, 6) is 0. The summed E-state index contributed by atoms with van der Waals surface area (Å²) < 4.78 is 2.32. The highest BCUT2D eigenvalue weighted by atomic mass is 16.5. The summed E-state index contributed by atoms with van der Waals surface area (Å²) in [4.78, 5) is 36.8. The largest absolute Gasteiger partial charge is 0.425 e. The van der Waals surface area contributed by atoms with Crippen molar-refractivity contribution in [2.45, 2.75) is 25.7 Å². The predicted octanol–water partition coefficient (Wildman–Crippen LogP) is 1.42. The summed E-state index contributed by atoms with van der Waals surface area (Å²) in [6.07, 6.45) is 9.24. The van der Waals surface area contributed by atoms with E-state index in [4.69, 9.17) is 0 Å². The monoisotopic (exact) mass is 325 g/mol. The quantitative estimate of drug-likeness (QED) is 0.496. The van der Waals surface area contributed by atoms with Gasteiger partial charge in [-0.1, -0.05) is 5.57 Å². The molecule has 2 aliphatic carbocycles. The van der Waals surface area contributed by atoms with Crippen LogP contribution in [-0.2, 0) is 6.42 Å². The molecule has 2 heterocycles. The highest BCUT2D eigenvalue weighted by Gasteiger charge is 2.26. The van der Waals surface area contributed by atoms with Crippen LogP contribution in [-0.4, -0.2) is 25.8 Å². The van der Waals surface area contributed by atoms with E-state index in [-0.39, 0.29) is 0 Å². The molecule has 7 nitrogen and oxygen atoms in total. The van der Waals surface area contributed by atoms with Crippen LogP contribution in [0, 0.1) is 0 Å². The minimum Gasteiger partial charge on any atom is -0.425 e. The zero-order chi connectivity index (χ0) is 16.8. The molecule has 2 aromatic heterocycles. The van der Waals surface area contributed by atoms with Crippen LogP contribution in [0.1, 0.15) is 41.0 Å². The second kappa shape index (κ2) is 5.23. The number of nitrogens with one attached hydrogen (secondary N) is 1. The number of aromatic amines is 1. The Morgan fingerprint density at radius 3 is 2.71 bits per heavy atom. The molecular formula is C17H15N3O4. The topological polar surface area (TPSA) is 97.1 Å². The third kappa shape index (κ3) is 2.09. The Bertz CT molecular complexity index is 1030. The van der Waals surface area contributed by atoms with E-state index in [2.05, 4.69) is 4.98 Å². The van der Waals surface area contributed by atoms with E-state index < -0.39 is 11.1 Å². The molecule has 0 amide bonds. The summed E-state index contributed by atoms with van der Waals surface area (Å²) in [5.41, 5.74) is 2.61. The zero-order valence-electron chi connectivity index (χ0n) is 12.8. The highest BCUT2D eigenvalue weighted by Crippen LogP contribution is 2.38. The molecule has 0 atom stereocenters. The van der Waals surface area contributed by atoms with E-state index >= 15 is 0 Å². The highest BCUT2D eigenvalue weighted by molar-refractivity contribution is 5.84. The Morgan fingerprint density at radius 2 is 1.96 bits per heavy atom. The molecule has 122 valence electrons. The van der Waals surface area contributed by atoms with E-state index in [9.17, 15) is 19.6 Å². The van der Waals surface area contributed by atoms with E-state index in [1.807, 2.05) is 16.8 Å². The molecule has 0 bridgehead atoms. The fourth-order valence-corrected chi connectivity index (χ4v) is 3.42. The van der Waals surface area contributed by atoms with Crippen molar-refractivity contribution in [3.8, 4) is 0 Å². The lowest BCUT2D eigenvalue weighted by molar-refractivity contribution is 0.112. The van der Waals surface area contributed by atoms with Crippen LogP contribution < -0.4 is 11.1 Å². The molecular weight excluding hydrogens is 310 g/mol. The van der Waals surface area contributed by atoms with E-state index in [1.165, 1.54) is 0 Å². The number of fused-ring (bicyclic) bond motifs is 2. The SMILES string of the molecule is O=Cc1ccn(C2=CC3=C(CC2)CCc2[nH]c(=O)c(=O)n(O)c23)c1. The lowest BCUT2D eigenvalue weighted by atomic mass is 9.85. The zero-order valence-corrected chi connectivity index (χ0v) is 12.8. The van der Waals surface area contributed by atoms with Crippen molar-refractivity contribution in [2.75, 3.05) is 0 Å². The molecule has 7 heteroatoms. The Balaban J connectivity index is 1.88. The lowest BCUT2D eigenvalue weighted by Crippen LogP contribution is -2.39. The molecule has 2 N–H and O–H groups in total. The average Bonchev–Trinajstić information content (AvgIpc) is 3.08. The Hall–Kier alpha value is -3.09. The molecule has 0 aromatic carbocycles. The van der Waals surface area contributed by atoms with Gasteiger partial charge in [-0.2, -0.15) is 0 Å². The van der Waals surface area contributed by atoms with Crippen LogP contribution in [0.15, 0.2) is 39.7 Å².